The number of carbonyl (C=O) groups is 1. The van der Waals surface area contributed by atoms with Crippen LogP contribution in [0.15, 0.2) is 24.3 Å². The lowest BCUT2D eigenvalue weighted by atomic mass is 10.0. The summed E-state index contributed by atoms with van der Waals surface area (Å²) in [4.78, 5) is 11.1. The van der Waals surface area contributed by atoms with E-state index >= 15 is 0 Å². The van der Waals surface area contributed by atoms with E-state index in [0.717, 1.165) is 12.8 Å². The van der Waals surface area contributed by atoms with Gasteiger partial charge in [-0.25, -0.2) is 0 Å². The quantitative estimate of drug-likeness (QED) is 0.295. The van der Waals surface area contributed by atoms with Gasteiger partial charge in [0.25, 0.3) is 10.2 Å². The number of quaternary nitrogens is 1. The molecule has 29 heavy (non-hydrogen) atoms. The minimum Gasteiger partial charge on any atom is -0.481 e. The molecule has 1 aromatic carbocycles. The zero-order valence-electron chi connectivity index (χ0n) is 18.3. The summed E-state index contributed by atoms with van der Waals surface area (Å²) in [6.07, 6.45) is 8.18. The van der Waals surface area contributed by atoms with Crippen LogP contribution in [0.2, 0.25) is 0 Å². The van der Waals surface area contributed by atoms with E-state index < -0.39 is 22.2 Å². The number of likely N-dealkylation sites (N-methyl/N-ethyl adjacent to an activating group) is 1. The highest BCUT2D eigenvalue weighted by Crippen LogP contribution is 2.15. The largest absolute Gasteiger partial charge is 0.481 e. The van der Waals surface area contributed by atoms with Gasteiger partial charge in [0, 0.05) is 5.69 Å². The van der Waals surface area contributed by atoms with Gasteiger partial charge in [-0.1, -0.05) is 51.2 Å². The average molecular weight is 429 g/mol. The number of aryl methyl sites for hydroxylation is 1. The van der Waals surface area contributed by atoms with Crippen molar-refractivity contribution >= 4 is 21.9 Å². The molecule has 0 aliphatic carbocycles. The smallest absolute Gasteiger partial charge is 0.305 e. The fourth-order valence-electron chi connectivity index (χ4n) is 3.27. The monoisotopic (exact) mass is 428 g/mol. The number of nitrogens with one attached hydrogen (secondary N) is 2. The topological polar surface area (TPSA) is 95.5 Å². The average Bonchev–Trinajstić information content (AvgIpc) is 2.56. The number of rotatable bonds is 15. The van der Waals surface area contributed by atoms with Crippen molar-refractivity contribution in [3.8, 4) is 0 Å². The van der Waals surface area contributed by atoms with Crippen LogP contribution in [0.4, 0.5) is 5.69 Å². The number of hydrogen-bond donors (Lipinski definition) is 3. The molecule has 0 spiro atoms. The van der Waals surface area contributed by atoms with Crippen LogP contribution in [0.25, 0.3) is 0 Å². The second-order valence-corrected chi connectivity index (χ2v) is 10.2. The number of hydrogen-bond acceptors (Lipinski definition) is 3. The fourth-order valence-corrected chi connectivity index (χ4v) is 4.37. The van der Waals surface area contributed by atoms with Crippen molar-refractivity contribution in [1.82, 2.24) is 4.72 Å². The van der Waals surface area contributed by atoms with E-state index in [9.17, 15) is 13.2 Å². The Labute approximate surface area is 176 Å². The third-order valence-electron chi connectivity index (χ3n) is 4.54. The SMILES string of the molecule is CCCCCCCCc1ccc(NS(=O)(=O)NC(CC(=O)O)C[N+](C)(C)C)cc1. The number of anilines is 1. The Bertz CT molecular complexity index is 712. The van der Waals surface area contributed by atoms with Crippen LogP contribution in [-0.4, -0.2) is 57.7 Å². The summed E-state index contributed by atoms with van der Waals surface area (Å²) in [6.45, 7) is 2.58. The fraction of sp³-hybridized carbons (Fsp3) is 0.667. The summed E-state index contributed by atoms with van der Waals surface area (Å²) in [5, 5.41) is 9.07. The minimum absolute atomic E-state index is 0.270. The van der Waals surface area contributed by atoms with Crippen molar-refractivity contribution in [3.63, 3.8) is 0 Å². The van der Waals surface area contributed by atoms with Gasteiger partial charge in [-0.3, -0.25) is 9.52 Å². The summed E-state index contributed by atoms with van der Waals surface area (Å²) in [5.74, 6) is -1.04. The van der Waals surface area contributed by atoms with E-state index in [4.69, 9.17) is 5.11 Å². The highest BCUT2D eigenvalue weighted by Gasteiger charge is 2.25. The first-order valence-electron chi connectivity index (χ1n) is 10.4. The number of unbranched alkanes of at least 4 members (excludes halogenated alkanes) is 5. The second kappa shape index (κ2) is 12.1. The predicted molar refractivity (Wildman–Crippen MR) is 118 cm³/mol. The van der Waals surface area contributed by atoms with Crippen LogP contribution in [0.1, 0.15) is 57.4 Å². The molecular weight excluding hydrogens is 390 g/mol. The van der Waals surface area contributed by atoms with Crippen LogP contribution in [0, 0.1) is 0 Å². The summed E-state index contributed by atoms with van der Waals surface area (Å²) < 4.78 is 30.3. The van der Waals surface area contributed by atoms with E-state index in [1.165, 1.54) is 37.7 Å². The molecule has 0 saturated carbocycles. The summed E-state index contributed by atoms with van der Waals surface area (Å²) in [6, 6.07) is 6.67. The van der Waals surface area contributed by atoms with E-state index in [1.54, 1.807) is 12.1 Å². The first-order chi connectivity index (χ1) is 13.5. The first-order valence-corrected chi connectivity index (χ1v) is 11.9. The van der Waals surface area contributed by atoms with Crippen LogP contribution in [-0.2, 0) is 21.4 Å². The molecule has 8 heteroatoms. The molecule has 166 valence electrons. The Balaban J connectivity index is 2.58. The summed E-state index contributed by atoms with van der Waals surface area (Å²) in [7, 11) is 1.80. The standard InChI is InChI=1S/C21H37N3O4S/c1-5-6-7-8-9-10-11-18-12-14-19(15-13-18)22-29(27,28)23-20(16-21(25)26)17-24(2,3)4/h12-15,20,22-23H,5-11,16-17H2,1-4H3/p+1. The summed E-state index contributed by atoms with van der Waals surface area (Å²) in [5.41, 5.74) is 1.65. The van der Waals surface area contributed by atoms with Gasteiger partial charge in [0.2, 0.25) is 0 Å². The Morgan fingerprint density at radius 3 is 2.17 bits per heavy atom. The van der Waals surface area contributed by atoms with Gasteiger partial charge in [-0.2, -0.15) is 13.1 Å². The Morgan fingerprint density at radius 2 is 1.62 bits per heavy atom. The van der Waals surface area contributed by atoms with Crippen molar-refractivity contribution < 1.29 is 22.8 Å². The lowest BCUT2D eigenvalue weighted by Gasteiger charge is -2.29. The van der Waals surface area contributed by atoms with Crippen LogP contribution in [0.3, 0.4) is 0 Å². The lowest BCUT2D eigenvalue weighted by Crippen LogP contribution is -2.50. The maximum Gasteiger partial charge on any atom is 0.305 e. The van der Waals surface area contributed by atoms with Crippen molar-refractivity contribution in [2.45, 2.75) is 64.3 Å². The Hall–Kier alpha value is -1.64. The van der Waals surface area contributed by atoms with Gasteiger partial charge < -0.3 is 9.59 Å². The Kier molecular flexibility index (Phi) is 10.6. The van der Waals surface area contributed by atoms with Crippen molar-refractivity contribution in [3.05, 3.63) is 29.8 Å². The number of aliphatic carboxylic acids is 1. The van der Waals surface area contributed by atoms with E-state index in [2.05, 4.69) is 16.4 Å². The highest BCUT2D eigenvalue weighted by molar-refractivity contribution is 7.90. The maximum atomic E-state index is 12.4. The molecule has 0 heterocycles. The van der Waals surface area contributed by atoms with Crippen LogP contribution in [0.5, 0.6) is 0 Å². The van der Waals surface area contributed by atoms with Crippen LogP contribution >= 0.6 is 0 Å². The van der Waals surface area contributed by atoms with Gasteiger partial charge in [0.05, 0.1) is 40.2 Å². The zero-order chi connectivity index (χ0) is 21.9. The zero-order valence-corrected chi connectivity index (χ0v) is 19.1. The molecule has 0 aliphatic heterocycles. The molecule has 0 radical (unpaired) electrons. The van der Waals surface area contributed by atoms with Gasteiger partial charge in [0.1, 0.15) is 0 Å². The van der Waals surface area contributed by atoms with Crippen molar-refractivity contribution in [2.75, 3.05) is 32.4 Å². The van der Waals surface area contributed by atoms with Gasteiger partial charge in [-0.05, 0) is 30.5 Å². The molecule has 3 N–H and O–H groups in total. The minimum atomic E-state index is -3.87. The van der Waals surface area contributed by atoms with E-state index in [1.807, 2.05) is 33.3 Å². The third-order valence-corrected chi connectivity index (χ3v) is 5.68. The molecule has 1 unspecified atom stereocenters. The first kappa shape index (κ1) is 25.4. The molecule has 0 amide bonds. The normalized spacial score (nSPS) is 13.2. The van der Waals surface area contributed by atoms with Gasteiger partial charge in [0.15, 0.2) is 0 Å². The molecule has 1 aromatic rings. The van der Waals surface area contributed by atoms with Gasteiger partial charge in [-0.15, -0.1) is 0 Å². The van der Waals surface area contributed by atoms with Crippen LogP contribution < -0.4 is 9.44 Å². The van der Waals surface area contributed by atoms with Crippen molar-refractivity contribution in [2.24, 2.45) is 0 Å². The molecule has 1 atom stereocenters. The molecule has 0 bridgehead atoms. The molecule has 0 fully saturated rings. The summed E-state index contributed by atoms with van der Waals surface area (Å²) >= 11 is 0. The highest BCUT2D eigenvalue weighted by atomic mass is 32.2. The maximum absolute atomic E-state index is 12.4. The van der Waals surface area contributed by atoms with E-state index in [-0.39, 0.29) is 6.42 Å². The molecule has 7 nitrogen and oxygen atoms in total. The van der Waals surface area contributed by atoms with Crippen molar-refractivity contribution in [1.29, 1.82) is 0 Å². The molecule has 0 saturated heterocycles. The molecule has 0 aliphatic rings. The lowest BCUT2D eigenvalue weighted by molar-refractivity contribution is -0.871. The van der Waals surface area contributed by atoms with E-state index in [0.29, 0.717) is 16.7 Å². The second-order valence-electron chi connectivity index (χ2n) is 8.71. The van der Waals surface area contributed by atoms with Gasteiger partial charge >= 0.3 is 5.97 Å². The molecular formula is C21H38N3O4S+. The molecule has 1 rings (SSSR count). The number of nitrogens with zero attached hydrogens (tertiary/aromatic N) is 1. The number of carboxylic acids is 1. The molecule has 0 aromatic heterocycles. The predicted octanol–water partition coefficient (Wildman–Crippen LogP) is 3.39. The Morgan fingerprint density at radius 1 is 1.03 bits per heavy atom. The number of carboxylic acid groups (broad SMARTS) is 1. The third kappa shape index (κ3) is 12.5. The number of benzene rings is 1.